The summed E-state index contributed by atoms with van der Waals surface area (Å²) in [7, 11) is 1.76. The molecule has 4 heteroatoms. The zero-order chi connectivity index (χ0) is 9.15. The van der Waals surface area contributed by atoms with E-state index in [1.807, 2.05) is 11.8 Å². The normalized spacial score (nSPS) is 39.9. The number of thioether (sulfide) groups is 1. The molecule has 3 nitrogen and oxygen atoms in total. The third kappa shape index (κ3) is 2.18. The van der Waals surface area contributed by atoms with Crippen molar-refractivity contribution in [2.24, 2.45) is 0 Å². The largest absolute Gasteiger partial charge is 0.383 e. The molecule has 1 N–H and O–H groups in total. The fourth-order valence-corrected chi connectivity index (χ4v) is 3.24. The van der Waals surface area contributed by atoms with Gasteiger partial charge in [0.25, 0.3) is 0 Å². The lowest BCUT2D eigenvalue weighted by atomic mass is 10.1. The first kappa shape index (κ1) is 9.77. The van der Waals surface area contributed by atoms with Gasteiger partial charge in [0, 0.05) is 18.9 Å². The smallest absolute Gasteiger partial charge is 0.129 e. The number of nitrogens with one attached hydrogen (secondary N) is 1. The van der Waals surface area contributed by atoms with Gasteiger partial charge in [0.15, 0.2) is 0 Å². The minimum absolute atomic E-state index is 0.0217. The van der Waals surface area contributed by atoms with E-state index in [0.717, 1.165) is 31.8 Å². The molecular weight excluding hydrogens is 186 g/mol. The molecule has 2 unspecified atom stereocenters. The fourth-order valence-electron chi connectivity index (χ4n) is 1.98. The van der Waals surface area contributed by atoms with Gasteiger partial charge in [-0.05, 0) is 18.6 Å². The summed E-state index contributed by atoms with van der Waals surface area (Å²) in [6.07, 6.45) is 2.21. The Kier molecular flexibility index (Phi) is 3.14. The van der Waals surface area contributed by atoms with Crippen LogP contribution in [0.1, 0.15) is 12.8 Å². The van der Waals surface area contributed by atoms with Crippen LogP contribution in [-0.4, -0.2) is 43.6 Å². The number of methoxy groups -OCH3 is 1. The summed E-state index contributed by atoms with van der Waals surface area (Å²) in [5.74, 6) is 2.31. The van der Waals surface area contributed by atoms with E-state index in [4.69, 9.17) is 9.47 Å². The number of rotatable bonds is 2. The van der Waals surface area contributed by atoms with Crippen LogP contribution in [0.25, 0.3) is 0 Å². The Morgan fingerprint density at radius 3 is 3.31 bits per heavy atom. The molecule has 2 aliphatic rings. The molecular formula is C9H17NO2S. The molecule has 2 saturated heterocycles. The number of hydrogen-bond donors (Lipinski definition) is 1. The SMILES string of the molecule is COCC1CCOC2(CCSC2)N1. The van der Waals surface area contributed by atoms with Gasteiger partial charge >= 0.3 is 0 Å². The summed E-state index contributed by atoms with van der Waals surface area (Å²) >= 11 is 1.97. The molecule has 0 saturated carbocycles. The maximum absolute atomic E-state index is 5.82. The van der Waals surface area contributed by atoms with Crippen LogP contribution in [0.4, 0.5) is 0 Å². The van der Waals surface area contributed by atoms with Crippen molar-refractivity contribution in [2.75, 3.05) is 31.8 Å². The van der Waals surface area contributed by atoms with Gasteiger partial charge in [-0.25, -0.2) is 0 Å². The molecule has 0 radical (unpaired) electrons. The van der Waals surface area contributed by atoms with Gasteiger partial charge in [0.1, 0.15) is 5.72 Å². The highest BCUT2D eigenvalue weighted by Gasteiger charge is 2.39. The Balaban J connectivity index is 1.90. The molecule has 0 aromatic rings. The summed E-state index contributed by atoms with van der Waals surface area (Å²) in [5.41, 5.74) is -0.0217. The lowest BCUT2D eigenvalue weighted by molar-refractivity contribution is -0.0993. The van der Waals surface area contributed by atoms with Crippen molar-refractivity contribution in [1.82, 2.24) is 5.32 Å². The van der Waals surface area contributed by atoms with E-state index in [1.54, 1.807) is 7.11 Å². The van der Waals surface area contributed by atoms with Crippen molar-refractivity contribution >= 4 is 11.8 Å². The molecule has 2 heterocycles. The highest BCUT2D eigenvalue weighted by molar-refractivity contribution is 7.99. The summed E-state index contributed by atoms with van der Waals surface area (Å²) in [6, 6.07) is 0.484. The highest BCUT2D eigenvalue weighted by atomic mass is 32.2. The van der Waals surface area contributed by atoms with Crippen molar-refractivity contribution in [3.8, 4) is 0 Å². The van der Waals surface area contributed by atoms with Gasteiger partial charge in [-0.2, -0.15) is 11.8 Å². The van der Waals surface area contributed by atoms with E-state index < -0.39 is 0 Å². The first-order chi connectivity index (χ1) is 6.35. The Hall–Kier alpha value is 0.230. The maximum atomic E-state index is 5.82. The van der Waals surface area contributed by atoms with E-state index in [9.17, 15) is 0 Å². The Bertz CT molecular complexity index is 169. The predicted octanol–water partition coefficient (Wildman–Crippen LogP) is 0.845. The van der Waals surface area contributed by atoms with E-state index in [1.165, 1.54) is 5.75 Å². The summed E-state index contributed by atoms with van der Waals surface area (Å²) in [5, 5.41) is 3.56. The number of ether oxygens (including phenoxy) is 2. The van der Waals surface area contributed by atoms with Crippen molar-refractivity contribution in [2.45, 2.75) is 24.6 Å². The van der Waals surface area contributed by atoms with Gasteiger partial charge in [-0.1, -0.05) is 0 Å². The topological polar surface area (TPSA) is 30.5 Å². The summed E-state index contributed by atoms with van der Waals surface area (Å²) in [4.78, 5) is 0. The van der Waals surface area contributed by atoms with Gasteiger partial charge in [0.2, 0.25) is 0 Å². The van der Waals surface area contributed by atoms with E-state index in [-0.39, 0.29) is 5.72 Å². The second-order valence-corrected chi connectivity index (χ2v) is 4.84. The van der Waals surface area contributed by atoms with Crippen molar-refractivity contribution < 1.29 is 9.47 Å². The predicted molar refractivity (Wildman–Crippen MR) is 54.0 cm³/mol. The van der Waals surface area contributed by atoms with Gasteiger partial charge < -0.3 is 9.47 Å². The second-order valence-electron chi connectivity index (χ2n) is 3.73. The fraction of sp³-hybridized carbons (Fsp3) is 1.00. The first-order valence-electron chi connectivity index (χ1n) is 4.83. The molecule has 0 bridgehead atoms. The van der Waals surface area contributed by atoms with Gasteiger partial charge in [0.05, 0.1) is 13.2 Å². The lowest BCUT2D eigenvalue weighted by Crippen LogP contribution is -2.58. The molecule has 2 aliphatic heterocycles. The minimum atomic E-state index is -0.0217. The molecule has 2 rings (SSSR count). The minimum Gasteiger partial charge on any atom is -0.383 e. The van der Waals surface area contributed by atoms with Crippen molar-refractivity contribution in [3.63, 3.8) is 0 Å². The van der Waals surface area contributed by atoms with Crippen molar-refractivity contribution in [3.05, 3.63) is 0 Å². The van der Waals surface area contributed by atoms with Gasteiger partial charge in [-0.3, -0.25) is 5.32 Å². The van der Waals surface area contributed by atoms with Crippen LogP contribution in [-0.2, 0) is 9.47 Å². The second kappa shape index (κ2) is 4.17. The van der Waals surface area contributed by atoms with Crippen LogP contribution >= 0.6 is 11.8 Å². The molecule has 0 amide bonds. The first-order valence-corrected chi connectivity index (χ1v) is 5.98. The quantitative estimate of drug-likeness (QED) is 0.720. The molecule has 2 fully saturated rings. The zero-order valence-electron chi connectivity index (χ0n) is 8.04. The maximum Gasteiger partial charge on any atom is 0.129 e. The zero-order valence-corrected chi connectivity index (χ0v) is 8.86. The summed E-state index contributed by atoms with van der Waals surface area (Å²) in [6.45, 7) is 1.68. The summed E-state index contributed by atoms with van der Waals surface area (Å²) < 4.78 is 11.0. The average Bonchev–Trinajstić information content (AvgIpc) is 2.54. The van der Waals surface area contributed by atoms with Crippen LogP contribution in [0.15, 0.2) is 0 Å². The van der Waals surface area contributed by atoms with Crippen molar-refractivity contribution in [1.29, 1.82) is 0 Å². The van der Waals surface area contributed by atoms with Crippen LogP contribution in [0.2, 0.25) is 0 Å². The van der Waals surface area contributed by atoms with Crippen LogP contribution in [0.3, 0.4) is 0 Å². The third-order valence-electron chi connectivity index (χ3n) is 2.67. The molecule has 1 spiro atoms. The number of hydrogen-bond acceptors (Lipinski definition) is 4. The third-order valence-corrected chi connectivity index (χ3v) is 3.83. The van der Waals surface area contributed by atoms with E-state index in [2.05, 4.69) is 5.32 Å². The monoisotopic (exact) mass is 203 g/mol. The van der Waals surface area contributed by atoms with E-state index in [0.29, 0.717) is 6.04 Å². The molecule has 0 aromatic carbocycles. The van der Waals surface area contributed by atoms with Crippen LogP contribution in [0, 0.1) is 0 Å². The Morgan fingerprint density at radius 1 is 1.69 bits per heavy atom. The van der Waals surface area contributed by atoms with Crippen LogP contribution < -0.4 is 5.32 Å². The molecule has 2 atom stereocenters. The van der Waals surface area contributed by atoms with Gasteiger partial charge in [-0.15, -0.1) is 0 Å². The molecule has 0 aromatic heterocycles. The lowest BCUT2D eigenvalue weighted by Gasteiger charge is -2.39. The standard InChI is InChI=1S/C9H17NO2S/c1-11-6-8-2-4-12-9(10-8)3-5-13-7-9/h8,10H,2-7H2,1H3. The molecule has 76 valence electrons. The van der Waals surface area contributed by atoms with E-state index >= 15 is 0 Å². The Labute approximate surface area is 83.5 Å². The average molecular weight is 203 g/mol. The molecule has 0 aliphatic carbocycles. The highest BCUT2D eigenvalue weighted by Crippen LogP contribution is 2.32. The Morgan fingerprint density at radius 2 is 2.62 bits per heavy atom. The van der Waals surface area contributed by atoms with Crippen LogP contribution in [0.5, 0.6) is 0 Å². The molecule has 13 heavy (non-hydrogen) atoms.